The summed E-state index contributed by atoms with van der Waals surface area (Å²) in [6, 6.07) is 0.589. The van der Waals surface area contributed by atoms with Crippen LogP contribution in [0.3, 0.4) is 0 Å². The van der Waals surface area contributed by atoms with Crippen LogP contribution in [-0.2, 0) is 4.18 Å². The van der Waals surface area contributed by atoms with Gasteiger partial charge in [0, 0.05) is 12.6 Å². The second-order valence-electron chi connectivity index (χ2n) is 3.10. The van der Waals surface area contributed by atoms with Gasteiger partial charge in [0.1, 0.15) is 0 Å². The molecule has 2 nitrogen and oxygen atoms in total. The van der Waals surface area contributed by atoms with Crippen LogP contribution in [0.4, 0.5) is 0 Å². The third kappa shape index (κ3) is 4.67. The molecule has 0 amide bonds. The normalized spacial score (nSPS) is 14.5. The molecule has 0 aromatic heterocycles. The summed E-state index contributed by atoms with van der Waals surface area (Å²) in [6.07, 6.45) is 0.209. The van der Waals surface area contributed by atoms with Gasteiger partial charge in [-0.2, -0.15) is 0 Å². The van der Waals surface area contributed by atoms with Crippen LogP contribution in [0.15, 0.2) is 0 Å². The lowest BCUT2D eigenvalue weighted by Gasteiger charge is -2.26. The van der Waals surface area contributed by atoms with Crippen LogP contribution in [0.2, 0.25) is 0 Å². The second kappa shape index (κ2) is 5.86. The molecule has 0 saturated heterocycles. The summed E-state index contributed by atoms with van der Waals surface area (Å²) in [7, 11) is 0. The van der Waals surface area contributed by atoms with Crippen molar-refractivity contribution in [3.8, 4) is 0 Å². The predicted molar refractivity (Wildman–Crippen MR) is 51.9 cm³/mol. The molecule has 0 heterocycles. The molecule has 0 saturated carbocycles. The number of hydrogen-bond donors (Lipinski definition) is 1. The minimum Gasteiger partial charge on any atom is -0.314 e. The molecule has 0 N–H and O–H groups in total. The molecule has 11 heavy (non-hydrogen) atoms. The van der Waals surface area contributed by atoms with Crippen LogP contribution in [-0.4, -0.2) is 30.1 Å². The topological polar surface area (TPSA) is 12.5 Å². The Bertz CT molecular complexity index is 98.1. The molecule has 0 fully saturated rings. The fourth-order valence-electron chi connectivity index (χ4n) is 1.07. The molecule has 0 aromatic rings. The van der Waals surface area contributed by atoms with Crippen LogP contribution >= 0.6 is 12.9 Å². The molecule has 0 spiro atoms. The van der Waals surface area contributed by atoms with Crippen LogP contribution in [0.5, 0.6) is 0 Å². The number of rotatable bonds is 5. The van der Waals surface area contributed by atoms with E-state index in [1.165, 1.54) is 0 Å². The van der Waals surface area contributed by atoms with E-state index in [4.69, 9.17) is 4.18 Å². The smallest absolute Gasteiger partial charge is 0.0817 e. The average molecular weight is 177 g/mol. The second-order valence-corrected chi connectivity index (χ2v) is 3.31. The van der Waals surface area contributed by atoms with E-state index in [-0.39, 0.29) is 6.10 Å². The molecule has 3 heteroatoms. The van der Waals surface area contributed by atoms with Crippen molar-refractivity contribution in [1.29, 1.82) is 0 Å². The quantitative estimate of drug-likeness (QED) is 0.509. The molecule has 0 aliphatic rings. The minimum atomic E-state index is 0.209. The van der Waals surface area contributed by atoms with Gasteiger partial charge in [-0.3, -0.25) is 4.90 Å². The highest BCUT2D eigenvalue weighted by Crippen LogP contribution is 2.02. The predicted octanol–water partition coefficient (Wildman–Crippen LogP) is 1.97. The SMILES string of the molecule is CCN(C[C@H](C)OS)C(C)C. The zero-order chi connectivity index (χ0) is 8.85. The standard InChI is InChI=1S/C8H19NOS/c1-5-9(7(2)3)6-8(4)10-11/h7-8,11H,5-6H2,1-4H3/t8-/m0/s1. The Morgan fingerprint density at radius 1 is 1.36 bits per heavy atom. The average Bonchev–Trinajstić information content (AvgIpc) is 1.99. The first-order valence-corrected chi connectivity index (χ1v) is 4.52. The Hall–Kier alpha value is 0.270. The van der Waals surface area contributed by atoms with Crippen molar-refractivity contribution in [1.82, 2.24) is 4.90 Å². The van der Waals surface area contributed by atoms with Gasteiger partial charge in [0.15, 0.2) is 0 Å². The molecule has 0 unspecified atom stereocenters. The van der Waals surface area contributed by atoms with Crippen molar-refractivity contribution in [2.75, 3.05) is 13.1 Å². The van der Waals surface area contributed by atoms with Gasteiger partial charge in [0.25, 0.3) is 0 Å². The molecule has 0 aliphatic heterocycles. The molecular weight excluding hydrogens is 158 g/mol. The van der Waals surface area contributed by atoms with E-state index >= 15 is 0 Å². The maximum absolute atomic E-state index is 4.89. The maximum atomic E-state index is 4.89. The van der Waals surface area contributed by atoms with Crippen molar-refractivity contribution < 1.29 is 4.18 Å². The third-order valence-electron chi connectivity index (χ3n) is 1.81. The largest absolute Gasteiger partial charge is 0.314 e. The number of hydrogen-bond acceptors (Lipinski definition) is 3. The fourth-order valence-corrected chi connectivity index (χ4v) is 1.14. The van der Waals surface area contributed by atoms with Gasteiger partial charge in [0.2, 0.25) is 0 Å². The van der Waals surface area contributed by atoms with Gasteiger partial charge in [0.05, 0.1) is 6.10 Å². The zero-order valence-electron chi connectivity index (χ0n) is 7.87. The first kappa shape index (κ1) is 11.3. The van der Waals surface area contributed by atoms with Gasteiger partial charge in [-0.1, -0.05) is 6.92 Å². The maximum Gasteiger partial charge on any atom is 0.0817 e. The van der Waals surface area contributed by atoms with E-state index in [1.54, 1.807) is 0 Å². The summed E-state index contributed by atoms with van der Waals surface area (Å²) in [4.78, 5) is 2.35. The summed E-state index contributed by atoms with van der Waals surface area (Å²) in [5, 5.41) is 0. The first-order valence-electron chi connectivity index (χ1n) is 4.16. The van der Waals surface area contributed by atoms with Crippen LogP contribution < -0.4 is 0 Å². The molecule has 0 radical (unpaired) electrons. The lowest BCUT2D eigenvalue weighted by Crippen LogP contribution is -2.36. The first-order chi connectivity index (χ1) is 5.11. The number of likely N-dealkylation sites (N-methyl/N-ethyl adjacent to an activating group) is 1. The molecule has 0 aromatic carbocycles. The summed E-state index contributed by atoms with van der Waals surface area (Å²) in [5.74, 6) is 0. The molecule has 0 rings (SSSR count). The zero-order valence-corrected chi connectivity index (χ0v) is 8.77. The highest BCUT2D eigenvalue weighted by Gasteiger charge is 2.10. The Labute approximate surface area is 75.5 Å². The summed E-state index contributed by atoms with van der Waals surface area (Å²) in [5.41, 5.74) is 0. The van der Waals surface area contributed by atoms with Crippen LogP contribution in [0, 0.1) is 0 Å². The van der Waals surface area contributed by atoms with E-state index in [9.17, 15) is 0 Å². The molecule has 68 valence electrons. The van der Waals surface area contributed by atoms with Crippen LogP contribution in [0.1, 0.15) is 27.7 Å². The van der Waals surface area contributed by atoms with Crippen molar-refractivity contribution in [3.05, 3.63) is 0 Å². The Morgan fingerprint density at radius 2 is 1.91 bits per heavy atom. The molecule has 0 aliphatic carbocycles. The van der Waals surface area contributed by atoms with Gasteiger partial charge >= 0.3 is 0 Å². The monoisotopic (exact) mass is 177 g/mol. The Balaban J connectivity index is 3.68. The van der Waals surface area contributed by atoms with E-state index in [0.717, 1.165) is 13.1 Å². The summed E-state index contributed by atoms with van der Waals surface area (Å²) >= 11 is 3.77. The summed E-state index contributed by atoms with van der Waals surface area (Å²) < 4.78 is 4.89. The minimum absolute atomic E-state index is 0.209. The Kier molecular flexibility index (Phi) is 6.01. The third-order valence-corrected chi connectivity index (χ3v) is 2.17. The van der Waals surface area contributed by atoms with Gasteiger partial charge in [-0.25, -0.2) is 0 Å². The van der Waals surface area contributed by atoms with Crippen molar-refractivity contribution in [3.63, 3.8) is 0 Å². The lowest BCUT2D eigenvalue weighted by molar-refractivity contribution is 0.147. The van der Waals surface area contributed by atoms with Crippen LogP contribution in [0.25, 0.3) is 0 Å². The fraction of sp³-hybridized carbons (Fsp3) is 1.00. The molecule has 1 atom stereocenters. The van der Waals surface area contributed by atoms with E-state index < -0.39 is 0 Å². The highest BCUT2D eigenvalue weighted by atomic mass is 32.1. The Morgan fingerprint density at radius 3 is 2.18 bits per heavy atom. The van der Waals surface area contributed by atoms with Gasteiger partial charge < -0.3 is 4.18 Å². The summed E-state index contributed by atoms with van der Waals surface area (Å²) in [6.45, 7) is 10.6. The van der Waals surface area contributed by atoms with E-state index in [0.29, 0.717) is 6.04 Å². The van der Waals surface area contributed by atoms with Gasteiger partial charge in [-0.05, 0) is 40.2 Å². The van der Waals surface area contributed by atoms with E-state index in [1.807, 2.05) is 6.92 Å². The van der Waals surface area contributed by atoms with Crippen molar-refractivity contribution >= 4 is 12.9 Å². The highest BCUT2D eigenvalue weighted by molar-refractivity contribution is 7.75. The van der Waals surface area contributed by atoms with Gasteiger partial charge in [-0.15, -0.1) is 0 Å². The van der Waals surface area contributed by atoms with Crippen molar-refractivity contribution in [2.45, 2.75) is 39.8 Å². The van der Waals surface area contributed by atoms with E-state index in [2.05, 4.69) is 38.6 Å². The molecule has 0 bridgehead atoms. The number of thiol groups is 1. The number of nitrogens with zero attached hydrogens (tertiary/aromatic N) is 1. The van der Waals surface area contributed by atoms with Crippen molar-refractivity contribution in [2.24, 2.45) is 0 Å². The lowest BCUT2D eigenvalue weighted by atomic mass is 10.3. The molecular formula is C8H19NOS.